The maximum atomic E-state index is 15.8. The molecule has 15 nitrogen and oxygen atoms in total. The van der Waals surface area contributed by atoms with Crippen molar-refractivity contribution in [1.29, 1.82) is 0 Å². The molecule has 1 saturated heterocycles. The molecule has 1 heterocycles. The molecule has 0 bridgehead atoms. The normalized spacial score (nSPS) is 14.5. The van der Waals surface area contributed by atoms with Gasteiger partial charge in [-0.15, -0.1) is 0 Å². The zero-order valence-electron chi connectivity index (χ0n) is 38.1. The van der Waals surface area contributed by atoms with E-state index in [9.17, 15) is 24.0 Å². The van der Waals surface area contributed by atoms with Crippen LogP contribution in [0.15, 0.2) is 84.9 Å². The van der Waals surface area contributed by atoms with Gasteiger partial charge in [-0.25, -0.2) is 14.4 Å². The summed E-state index contributed by atoms with van der Waals surface area (Å²) in [7, 11) is 0. The van der Waals surface area contributed by atoms with Gasteiger partial charge in [0.2, 0.25) is 11.8 Å². The summed E-state index contributed by atoms with van der Waals surface area (Å²) in [5.74, 6) is -3.94. The van der Waals surface area contributed by atoms with Gasteiger partial charge in [0.15, 0.2) is 0 Å². The highest BCUT2D eigenvalue weighted by Gasteiger charge is 2.49. The Morgan fingerprint density at radius 2 is 1.47 bits per heavy atom. The first-order valence-electron chi connectivity index (χ1n) is 22.4. The number of carbonyl (C=O) groups is 6. The summed E-state index contributed by atoms with van der Waals surface area (Å²) >= 11 is 0. The van der Waals surface area contributed by atoms with Crippen LogP contribution in [-0.2, 0) is 51.0 Å². The van der Waals surface area contributed by atoms with Crippen molar-refractivity contribution < 1.29 is 47.7 Å². The average Bonchev–Trinajstić information content (AvgIpc) is 3.28. The third kappa shape index (κ3) is 16.7. The Balaban J connectivity index is 1.89. The topological polar surface area (TPSA) is 191 Å². The predicted molar refractivity (Wildman–Crippen MR) is 243 cm³/mol. The third-order valence-electron chi connectivity index (χ3n) is 10.7. The second-order valence-corrected chi connectivity index (χ2v) is 17.0. The highest BCUT2D eigenvalue weighted by molar-refractivity contribution is 6.01. The van der Waals surface area contributed by atoms with Crippen molar-refractivity contribution in [2.45, 2.75) is 103 Å². The number of hydrogen-bond acceptors (Lipinski definition) is 10. The second-order valence-electron chi connectivity index (χ2n) is 17.0. The van der Waals surface area contributed by atoms with E-state index < -0.39 is 65.5 Å². The molecular formula is C49H67N5O10. The van der Waals surface area contributed by atoms with Crippen molar-refractivity contribution in [1.82, 2.24) is 26.2 Å². The number of nitrogens with one attached hydrogen (secondary N) is 4. The van der Waals surface area contributed by atoms with E-state index in [2.05, 4.69) is 21.3 Å². The molecule has 15 heteroatoms. The zero-order valence-corrected chi connectivity index (χ0v) is 38.1. The van der Waals surface area contributed by atoms with Crippen molar-refractivity contribution in [3.8, 4) is 11.1 Å². The van der Waals surface area contributed by atoms with Crippen LogP contribution in [0.5, 0.6) is 0 Å². The predicted octanol–water partition coefficient (Wildman–Crippen LogP) is 6.13. The summed E-state index contributed by atoms with van der Waals surface area (Å²) in [5.41, 5.74) is 0.0239. The molecule has 64 heavy (non-hydrogen) atoms. The summed E-state index contributed by atoms with van der Waals surface area (Å²) in [5, 5.41) is 11.3. The fraction of sp³-hybridized carbons (Fsp3) is 0.510. The summed E-state index contributed by atoms with van der Waals surface area (Å²) < 4.78 is 22.4. The monoisotopic (exact) mass is 885 g/mol. The number of nitrogens with zero attached hydrogens (tertiary/aromatic N) is 1. The van der Waals surface area contributed by atoms with Gasteiger partial charge in [-0.1, -0.05) is 118 Å². The van der Waals surface area contributed by atoms with Gasteiger partial charge in [0.05, 0.1) is 19.8 Å². The molecule has 4 N–H and O–H groups in total. The highest BCUT2D eigenvalue weighted by atomic mass is 16.6. The van der Waals surface area contributed by atoms with E-state index in [0.717, 1.165) is 36.8 Å². The molecule has 4 rings (SSSR count). The van der Waals surface area contributed by atoms with Crippen LogP contribution in [0.4, 0.5) is 9.59 Å². The highest BCUT2D eigenvalue weighted by Crippen LogP contribution is 2.32. The molecule has 6 amide bonds. The summed E-state index contributed by atoms with van der Waals surface area (Å²) in [4.78, 5) is 85.9. The minimum atomic E-state index is -2.02. The largest absolute Gasteiger partial charge is 0.464 e. The maximum Gasteiger partial charge on any atom is 0.407 e. The number of morpholine rings is 1. The molecule has 0 aliphatic carbocycles. The molecule has 3 unspecified atom stereocenters. The van der Waals surface area contributed by atoms with Crippen LogP contribution in [-0.4, -0.2) is 111 Å². The minimum Gasteiger partial charge on any atom is -0.464 e. The Hall–Kier alpha value is -5.80. The standard InChI is InChI=1S/C49H67N5O10/c1-6-8-12-25-42(55)53-49(32-38-23-17-18-24-40(38)37-21-15-11-16-22-37,39(33-50-47(60)64-48(3,4)5)34-63-43(56)35-62-28-9-7-2)45(58)51-41(31-36-19-13-10-14-20-36)44(57)52-46(59)54-26-29-61-30-27-54/h10-11,13-24,39,41H,6-9,12,25-35H2,1-5H3,(H,50,60)(H,51,58)(H,53,55)(H,52,57,59). The smallest absolute Gasteiger partial charge is 0.407 e. The Labute approximate surface area is 377 Å². The molecule has 0 spiro atoms. The molecule has 0 radical (unpaired) electrons. The van der Waals surface area contributed by atoms with Gasteiger partial charge in [-0.05, 0) is 55.9 Å². The van der Waals surface area contributed by atoms with Gasteiger partial charge in [0, 0.05) is 51.4 Å². The Morgan fingerprint density at radius 1 is 0.812 bits per heavy atom. The molecule has 348 valence electrons. The van der Waals surface area contributed by atoms with Gasteiger partial charge >= 0.3 is 18.1 Å². The molecule has 1 fully saturated rings. The fourth-order valence-electron chi connectivity index (χ4n) is 7.25. The van der Waals surface area contributed by atoms with E-state index in [4.69, 9.17) is 18.9 Å². The molecule has 3 aromatic rings. The molecule has 0 saturated carbocycles. The van der Waals surface area contributed by atoms with E-state index in [1.165, 1.54) is 4.90 Å². The minimum absolute atomic E-state index is 0.0269. The summed E-state index contributed by atoms with van der Waals surface area (Å²) in [6.07, 6.45) is 2.75. The number of unbranched alkanes of at least 4 members (excludes halogenated alkanes) is 3. The summed E-state index contributed by atoms with van der Waals surface area (Å²) in [6.45, 7) is 9.50. The number of ether oxygens (including phenoxy) is 4. The second kappa shape index (κ2) is 26.1. The lowest BCUT2D eigenvalue weighted by Gasteiger charge is -2.41. The van der Waals surface area contributed by atoms with Crippen molar-refractivity contribution >= 4 is 35.8 Å². The van der Waals surface area contributed by atoms with E-state index in [1.807, 2.05) is 74.5 Å². The first-order chi connectivity index (χ1) is 30.7. The van der Waals surface area contributed by atoms with Gasteiger partial charge in [0.25, 0.3) is 5.91 Å². The number of esters is 1. The fourth-order valence-corrected chi connectivity index (χ4v) is 7.25. The Bertz CT molecular complexity index is 1950. The Kier molecular flexibility index (Phi) is 20.7. The van der Waals surface area contributed by atoms with Crippen LogP contribution < -0.4 is 21.3 Å². The number of alkyl carbamates (subject to hydrolysis) is 1. The number of benzene rings is 3. The molecular weight excluding hydrogens is 819 g/mol. The summed E-state index contributed by atoms with van der Waals surface area (Å²) in [6, 6.07) is 24.0. The van der Waals surface area contributed by atoms with Crippen molar-refractivity contribution in [2.75, 3.05) is 52.7 Å². The van der Waals surface area contributed by atoms with Gasteiger partial charge in [-0.3, -0.25) is 19.7 Å². The van der Waals surface area contributed by atoms with Gasteiger partial charge in [0.1, 0.15) is 23.8 Å². The van der Waals surface area contributed by atoms with Crippen LogP contribution in [0.3, 0.4) is 0 Å². The zero-order chi connectivity index (χ0) is 46.4. The van der Waals surface area contributed by atoms with Crippen LogP contribution in [0.25, 0.3) is 11.1 Å². The van der Waals surface area contributed by atoms with Crippen LogP contribution in [0.2, 0.25) is 0 Å². The molecule has 1 aliphatic rings. The molecule has 3 atom stereocenters. The van der Waals surface area contributed by atoms with Crippen molar-refractivity contribution in [3.63, 3.8) is 0 Å². The first kappa shape index (κ1) is 50.8. The van der Waals surface area contributed by atoms with E-state index in [1.54, 1.807) is 45.0 Å². The van der Waals surface area contributed by atoms with E-state index in [-0.39, 0.29) is 45.5 Å². The lowest BCUT2D eigenvalue weighted by atomic mass is 9.76. The van der Waals surface area contributed by atoms with Gasteiger partial charge in [-0.2, -0.15) is 0 Å². The third-order valence-corrected chi connectivity index (χ3v) is 10.7. The number of hydrogen-bond donors (Lipinski definition) is 4. The number of amides is 6. The molecule has 3 aromatic carbocycles. The van der Waals surface area contributed by atoms with Gasteiger partial charge < -0.3 is 39.8 Å². The lowest BCUT2D eigenvalue weighted by molar-refractivity contribution is -0.153. The SMILES string of the molecule is CCCCCC(=O)NC(Cc1ccccc1-c1ccccc1)(C(=O)NC(Cc1ccccc1)C(=O)NC(=O)N1CCOCC1)C(CNC(=O)OC(C)(C)C)COC(=O)COCCCC. The number of rotatable bonds is 23. The molecule has 0 aromatic heterocycles. The van der Waals surface area contributed by atoms with Crippen molar-refractivity contribution in [3.05, 3.63) is 96.1 Å². The quantitative estimate of drug-likeness (QED) is 0.0637. The number of urea groups is 1. The van der Waals surface area contributed by atoms with E-state index >= 15 is 4.79 Å². The van der Waals surface area contributed by atoms with Crippen molar-refractivity contribution in [2.24, 2.45) is 5.92 Å². The first-order valence-corrected chi connectivity index (χ1v) is 22.4. The lowest BCUT2D eigenvalue weighted by Crippen LogP contribution is -2.69. The number of carbonyl (C=O) groups excluding carboxylic acids is 6. The van der Waals surface area contributed by atoms with E-state index in [0.29, 0.717) is 37.4 Å². The number of imide groups is 1. The van der Waals surface area contributed by atoms with Crippen LogP contribution in [0, 0.1) is 5.92 Å². The average molecular weight is 886 g/mol. The maximum absolute atomic E-state index is 15.8. The van der Waals surface area contributed by atoms with Crippen LogP contribution >= 0.6 is 0 Å². The molecule has 1 aliphatic heterocycles. The Morgan fingerprint density at radius 3 is 2.14 bits per heavy atom. The van der Waals surface area contributed by atoms with Crippen LogP contribution in [0.1, 0.15) is 84.3 Å².